The molecule has 1 saturated carbocycles. The Morgan fingerprint density at radius 1 is 0.944 bits per heavy atom. The molecule has 5 rings (SSSR count). The highest BCUT2D eigenvalue weighted by molar-refractivity contribution is 7.20. The summed E-state index contributed by atoms with van der Waals surface area (Å²) in [5, 5.41) is 6.11. The van der Waals surface area contributed by atoms with E-state index in [9.17, 15) is 9.59 Å². The Hall–Kier alpha value is -2.87. The summed E-state index contributed by atoms with van der Waals surface area (Å²) in [6, 6.07) is 20.5. The summed E-state index contributed by atoms with van der Waals surface area (Å²) in [4.78, 5) is 28.4. The van der Waals surface area contributed by atoms with Crippen LogP contribution in [-0.4, -0.2) is 36.5 Å². The van der Waals surface area contributed by atoms with Crippen LogP contribution in [-0.2, 0) is 14.9 Å². The number of carbonyl (C=O) groups excluding carboxylic acids is 2. The predicted octanol–water partition coefficient (Wildman–Crippen LogP) is 6.85. The van der Waals surface area contributed by atoms with Gasteiger partial charge in [0.05, 0.1) is 9.34 Å². The highest BCUT2D eigenvalue weighted by Gasteiger charge is 2.40. The molecule has 2 fully saturated rings. The van der Waals surface area contributed by atoms with Gasteiger partial charge in [-0.1, -0.05) is 60.5 Å². The van der Waals surface area contributed by atoms with E-state index in [1.54, 1.807) is 24.3 Å². The van der Waals surface area contributed by atoms with Crippen LogP contribution in [0, 0.1) is 0 Å². The largest absolute Gasteiger partial charge is 0.431 e. The number of amides is 2. The maximum atomic E-state index is 13.2. The molecule has 8 heteroatoms. The SMILES string of the molecule is O=C(Nc1ccc(Cl)s1)OC(C(=O)Nc1ccc(C2(CN3CCCC3)CCC2)cc1)c1ccccc1. The first-order valence-electron chi connectivity index (χ1n) is 12.4. The fourth-order valence-corrected chi connectivity index (χ4v) is 6.07. The molecular weight excluding hydrogens is 494 g/mol. The number of ether oxygens (including phenoxy) is 1. The van der Waals surface area contributed by atoms with Crippen LogP contribution in [0.2, 0.25) is 4.34 Å². The monoisotopic (exact) mass is 523 g/mol. The molecule has 1 saturated heterocycles. The number of likely N-dealkylation sites (tertiary alicyclic amines) is 1. The van der Waals surface area contributed by atoms with E-state index in [1.807, 2.05) is 30.3 Å². The summed E-state index contributed by atoms with van der Waals surface area (Å²) < 4.78 is 6.11. The Morgan fingerprint density at radius 2 is 1.67 bits per heavy atom. The summed E-state index contributed by atoms with van der Waals surface area (Å²) in [6.07, 6.45) is 4.46. The molecule has 2 heterocycles. The average Bonchev–Trinajstić information content (AvgIpc) is 3.52. The van der Waals surface area contributed by atoms with E-state index in [-0.39, 0.29) is 5.41 Å². The molecule has 36 heavy (non-hydrogen) atoms. The average molecular weight is 524 g/mol. The van der Waals surface area contributed by atoms with Gasteiger partial charge in [-0.25, -0.2) is 4.79 Å². The van der Waals surface area contributed by atoms with Crippen molar-refractivity contribution < 1.29 is 14.3 Å². The number of nitrogens with one attached hydrogen (secondary N) is 2. The summed E-state index contributed by atoms with van der Waals surface area (Å²) in [6.45, 7) is 3.51. The van der Waals surface area contributed by atoms with Crippen LogP contribution >= 0.6 is 22.9 Å². The van der Waals surface area contributed by atoms with Crippen LogP contribution in [0.4, 0.5) is 15.5 Å². The maximum absolute atomic E-state index is 13.2. The molecule has 2 N–H and O–H groups in total. The fourth-order valence-electron chi connectivity index (χ4n) is 5.14. The van der Waals surface area contributed by atoms with Gasteiger partial charge in [0.25, 0.3) is 5.91 Å². The number of thiophene rings is 1. The minimum absolute atomic E-state index is 0.228. The molecule has 0 bridgehead atoms. The van der Waals surface area contributed by atoms with Crippen molar-refractivity contribution in [3.8, 4) is 0 Å². The van der Waals surface area contributed by atoms with Crippen LogP contribution in [0.5, 0.6) is 0 Å². The van der Waals surface area contributed by atoms with Gasteiger partial charge in [-0.05, 0) is 68.6 Å². The molecule has 2 aromatic carbocycles. The Balaban J connectivity index is 1.27. The molecular formula is C28H30ClN3O3S. The topological polar surface area (TPSA) is 70.7 Å². The third-order valence-corrected chi connectivity index (χ3v) is 8.31. The number of hydrogen-bond acceptors (Lipinski definition) is 5. The van der Waals surface area contributed by atoms with Gasteiger partial charge >= 0.3 is 6.09 Å². The molecule has 3 aromatic rings. The summed E-state index contributed by atoms with van der Waals surface area (Å²) in [5.74, 6) is -0.413. The Bertz CT molecular complexity index is 1190. The number of carbonyl (C=O) groups is 2. The van der Waals surface area contributed by atoms with E-state index >= 15 is 0 Å². The zero-order valence-electron chi connectivity index (χ0n) is 20.0. The minimum Gasteiger partial charge on any atom is -0.431 e. The smallest absolute Gasteiger partial charge is 0.413 e. The normalized spacial score (nSPS) is 17.7. The van der Waals surface area contributed by atoms with E-state index in [4.69, 9.17) is 16.3 Å². The molecule has 1 aliphatic heterocycles. The second kappa shape index (κ2) is 11.0. The molecule has 1 aromatic heterocycles. The van der Waals surface area contributed by atoms with Crippen LogP contribution in [0.3, 0.4) is 0 Å². The molecule has 1 aliphatic carbocycles. The molecule has 6 nitrogen and oxygen atoms in total. The van der Waals surface area contributed by atoms with Crippen molar-refractivity contribution in [2.75, 3.05) is 30.3 Å². The van der Waals surface area contributed by atoms with Gasteiger partial charge in [-0.3, -0.25) is 10.1 Å². The zero-order chi connectivity index (χ0) is 25.0. The van der Waals surface area contributed by atoms with E-state index in [0.29, 0.717) is 20.6 Å². The van der Waals surface area contributed by atoms with Crippen LogP contribution in [0.1, 0.15) is 49.3 Å². The van der Waals surface area contributed by atoms with Gasteiger partial charge in [0.1, 0.15) is 0 Å². The van der Waals surface area contributed by atoms with Gasteiger partial charge in [-0.15, -0.1) is 11.3 Å². The summed E-state index contributed by atoms with van der Waals surface area (Å²) >= 11 is 7.16. The molecule has 2 amide bonds. The van der Waals surface area contributed by atoms with Crippen molar-refractivity contribution in [2.45, 2.75) is 43.6 Å². The Kier molecular flexibility index (Phi) is 7.60. The van der Waals surface area contributed by atoms with Gasteiger partial charge in [-0.2, -0.15) is 0 Å². The van der Waals surface area contributed by atoms with Crippen molar-refractivity contribution >= 4 is 45.6 Å². The number of benzene rings is 2. The van der Waals surface area contributed by atoms with Crippen LogP contribution in [0.25, 0.3) is 0 Å². The third-order valence-electron chi connectivity index (χ3n) is 7.16. The molecule has 2 aliphatic rings. The number of rotatable bonds is 8. The van der Waals surface area contributed by atoms with Gasteiger partial charge < -0.3 is 15.0 Å². The van der Waals surface area contributed by atoms with Gasteiger partial charge in [0.2, 0.25) is 6.10 Å². The lowest BCUT2D eigenvalue weighted by Crippen LogP contribution is -2.44. The zero-order valence-corrected chi connectivity index (χ0v) is 21.6. The van der Waals surface area contributed by atoms with Gasteiger partial charge in [0, 0.05) is 23.2 Å². The summed E-state index contributed by atoms with van der Waals surface area (Å²) in [5.41, 5.74) is 2.83. The van der Waals surface area contributed by atoms with E-state index in [2.05, 4.69) is 27.7 Å². The first-order chi connectivity index (χ1) is 17.5. The Labute approximate surface area is 220 Å². The third kappa shape index (κ3) is 5.75. The van der Waals surface area contributed by atoms with Gasteiger partial charge in [0.15, 0.2) is 0 Å². The lowest BCUT2D eigenvalue weighted by molar-refractivity contribution is -0.124. The lowest BCUT2D eigenvalue weighted by atomic mass is 9.64. The standard InChI is InChI=1S/C28H30ClN3O3S/c29-23-13-14-24(36-23)31-27(34)35-25(20-7-2-1-3-8-20)26(33)30-22-11-9-21(10-12-22)28(15-6-16-28)19-32-17-4-5-18-32/h1-3,7-14,25H,4-6,15-19H2,(H,30,33)(H,31,34). The van der Waals surface area contributed by atoms with E-state index in [0.717, 1.165) is 6.54 Å². The van der Waals surface area contributed by atoms with E-state index in [1.165, 1.54) is 62.1 Å². The maximum Gasteiger partial charge on any atom is 0.413 e. The number of hydrogen-bond donors (Lipinski definition) is 2. The predicted molar refractivity (Wildman–Crippen MR) is 145 cm³/mol. The summed E-state index contributed by atoms with van der Waals surface area (Å²) in [7, 11) is 0. The van der Waals surface area contributed by atoms with Crippen molar-refractivity contribution in [2.24, 2.45) is 0 Å². The second-order valence-corrected chi connectivity index (χ2v) is 11.3. The fraction of sp³-hybridized carbons (Fsp3) is 0.357. The number of nitrogens with zero attached hydrogens (tertiary/aromatic N) is 1. The Morgan fingerprint density at radius 3 is 2.28 bits per heavy atom. The van der Waals surface area contributed by atoms with Crippen molar-refractivity contribution in [3.63, 3.8) is 0 Å². The first-order valence-corrected chi connectivity index (χ1v) is 13.6. The van der Waals surface area contributed by atoms with Crippen molar-refractivity contribution in [1.82, 2.24) is 4.90 Å². The minimum atomic E-state index is -1.10. The molecule has 1 unspecified atom stereocenters. The highest BCUT2D eigenvalue weighted by atomic mass is 35.5. The quantitative estimate of drug-likeness (QED) is 0.339. The molecule has 188 valence electrons. The van der Waals surface area contributed by atoms with E-state index < -0.39 is 18.1 Å². The van der Waals surface area contributed by atoms with Crippen molar-refractivity contribution in [1.29, 1.82) is 0 Å². The van der Waals surface area contributed by atoms with Crippen molar-refractivity contribution in [3.05, 3.63) is 82.2 Å². The van der Waals surface area contributed by atoms with Crippen LogP contribution in [0.15, 0.2) is 66.7 Å². The lowest BCUT2D eigenvalue weighted by Gasteiger charge is -2.45. The molecule has 0 radical (unpaired) electrons. The second-order valence-electron chi connectivity index (χ2n) is 9.61. The first kappa shape index (κ1) is 24.8. The molecule has 0 spiro atoms. The number of halogens is 1. The van der Waals surface area contributed by atoms with Crippen LogP contribution < -0.4 is 10.6 Å². The molecule has 1 atom stereocenters. The highest BCUT2D eigenvalue weighted by Crippen LogP contribution is 2.45. The number of anilines is 2.